The van der Waals surface area contributed by atoms with E-state index in [1.165, 1.54) is 4.90 Å². The summed E-state index contributed by atoms with van der Waals surface area (Å²) < 4.78 is 33.7. The zero-order valence-corrected chi connectivity index (χ0v) is 12.6. The van der Waals surface area contributed by atoms with E-state index in [0.29, 0.717) is 0 Å². The standard InChI is InChI=1S/C13H12N2O7S/c1-2-7-14-8-11(22-13(14)16)9-21-23(19,20)12-5-3-10(4-6-12)15(17)18/h1,3-6,11H,7-9H2. The monoisotopic (exact) mass is 340 g/mol. The molecule has 0 radical (unpaired) electrons. The predicted octanol–water partition coefficient (Wildman–Crippen LogP) is 0.754. The van der Waals surface area contributed by atoms with Crippen LogP contribution in [-0.4, -0.2) is 50.1 Å². The Bertz CT molecular complexity index is 752. The topological polar surface area (TPSA) is 116 Å². The highest BCUT2D eigenvalue weighted by Crippen LogP contribution is 2.19. The predicted molar refractivity (Wildman–Crippen MR) is 76.9 cm³/mol. The Kier molecular flexibility index (Phi) is 4.83. The van der Waals surface area contributed by atoms with Crippen LogP contribution >= 0.6 is 0 Å². The van der Waals surface area contributed by atoms with Crippen molar-refractivity contribution in [2.75, 3.05) is 19.7 Å². The lowest BCUT2D eigenvalue weighted by molar-refractivity contribution is -0.384. The van der Waals surface area contributed by atoms with Crippen molar-refractivity contribution in [3.8, 4) is 12.3 Å². The SMILES string of the molecule is C#CCN1CC(COS(=O)(=O)c2ccc([N+](=O)[O-])cc2)OC1=O. The Labute approximate surface area is 132 Å². The molecule has 1 atom stereocenters. The minimum atomic E-state index is -4.11. The van der Waals surface area contributed by atoms with Gasteiger partial charge in [-0.1, -0.05) is 5.92 Å². The molecule has 1 aromatic rings. The molecule has 23 heavy (non-hydrogen) atoms. The number of rotatable bonds is 6. The van der Waals surface area contributed by atoms with Crippen molar-refractivity contribution in [1.82, 2.24) is 4.90 Å². The van der Waals surface area contributed by atoms with Crippen LogP contribution in [0.5, 0.6) is 0 Å². The third kappa shape index (κ3) is 3.97. The molecule has 122 valence electrons. The van der Waals surface area contributed by atoms with Gasteiger partial charge in [0.15, 0.2) is 0 Å². The third-order valence-corrected chi connectivity index (χ3v) is 4.27. The molecular weight excluding hydrogens is 328 g/mol. The van der Waals surface area contributed by atoms with Crippen LogP contribution in [0.4, 0.5) is 10.5 Å². The van der Waals surface area contributed by atoms with Gasteiger partial charge in [-0.2, -0.15) is 8.42 Å². The Morgan fingerprint density at radius 2 is 2.09 bits per heavy atom. The van der Waals surface area contributed by atoms with Crippen molar-refractivity contribution in [3.63, 3.8) is 0 Å². The van der Waals surface area contributed by atoms with Crippen molar-refractivity contribution < 1.29 is 27.1 Å². The number of carbonyl (C=O) groups excluding carboxylic acids is 1. The summed E-state index contributed by atoms with van der Waals surface area (Å²) in [4.78, 5) is 22.3. The molecule has 0 spiro atoms. The number of hydrogen-bond donors (Lipinski definition) is 0. The second-order valence-corrected chi connectivity index (χ2v) is 6.20. The fraction of sp³-hybridized carbons (Fsp3) is 0.308. The van der Waals surface area contributed by atoms with Gasteiger partial charge in [0.25, 0.3) is 15.8 Å². The normalized spacial score (nSPS) is 17.6. The number of hydrogen-bond acceptors (Lipinski definition) is 7. The molecule has 2 rings (SSSR count). The Morgan fingerprint density at radius 3 is 2.65 bits per heavy atom. The fourth-order valence-corrected chi connectivity index (χ4v) is 2.81. The first-order valence-corrected chi connectivity index (χ1v) is 7.77. The molecule has 0 aromatic heterocycles. The molecule has 10 heteroatoms. The molecule has 1 aliphatic rings. The van der Waals surface area contributed by atoms with Crippen LogP contribution in [0.15, 0.2) is 29.2 Å². The summed E-state index contributed by atoms with van der Waals surface area (Å²) in [6.07, 6.45) is 3.70. The fourth-order valence-electron chi connectivity index (χ4n) is 1.87. The number of nitro benzene ring substituents is 1. The van der Waals surface area contributed by atoms with E-state index >= 15 is 0 Å². The highest BCUT2D eigenvalue weighted by molar-refractivity contribution is 7.86. The van der Waals surface area contributed by atoms with Crippen LogP contribution in [-0.2, 0) is 19.0 Å². The van der Waals surface area contributed by atoms with Gasteiger partial charge >= 0.3 is 6.09 Å². The zero-order chi connectivity index (χ0) is 17.0. The number of benzene rings is 1. The highest BCUT2D eigenvalue weighted by Gasteiger charge is 2.32. The lowest BCUT2D eigenvalue weighted by Crippen LogP contribution is -2.27. The molecular formula is C13H12N2O7S. The second-order valence-electron chi connectivity index (χ2n) is 4.58. The summed E-state index contributed by atoms with van der Waals surface area (Å²) in [5, 5.41) is 10.5. The highest BCUT2D eigenvalue weighted by atomic mass is 32.2. The molecule has 1 heterocycles. The molecule has 1 saturated heterocycles. The van der Waals surface area contributed by atoms with E-state index in [0.717, 1.165) is 24.3 Å². The average molecular weight is 340 g/mol. The number of terminal acetylenes is 1. The van der Waals surface area contributed by atoms with E-state index in [9.17, 15) is 23.3 Å². The number of cyclic esters (lactones) is 1. The van der Waals surface area contributed by atoms with E-state index in [1.807, 2.05) is 0 Å². The van der Waals surface area contributed by atoms with Crippen molar-refractivity contribution in [1.29, 1.82) is 0 Å². The molecule has 0 bridgehead atoms. The van der Waals surface area contributed by atoms with Gasteiger partial charge in [0.2, 0.25) is 0 Å². The molecule has 1 aromatic carbocycles. The van der Waals surface area contributed by atoms with Gasteiger partial charge in [0.1, 0.15) is 12.7 Å². The van der Waals surface area contributed by atoms with E-state index in [2.05, 4.69) is 5.92 Å². The average Bonchev–Trinajstić information content (AvgIpc) is 2.86. The molecule has 1 fully saturated rings. The van der Waals surface area contributed by atoms with Crippen LogP contribution in [0.25, 0.3) is 0 Å². The number of nitrogens with zero attached hydrogens (tertiary/aromatic N) is 2. The summed E-state index contributed by atoms with van der Waals surface area (Å²) in [5.41, 5.74) is -0.237. The summed E-state index contributed by atoms with van der Waals surface area (Å²) in [6.45, 7) is -0.185. The van der Waals surface area contributed by atoms with Gasteiger partial charge in [-0.25, -0.2) is 4.79 Å². The molecule has 9 nitrogen and oxygen atoms in total. The maximum absolute atomic E-state index is 12.0. The lowest BCUT2D eigenvalue weighted by Gasteiger charge is -2.10. The van der Waals surface area contributed by atoms with Crippen LogP contribution in [0, 0.1) is 22.5 Å². The zero-order valence-electron chi connectivity index (χ0n) is 11.7. The van der Waals surface area contributed by atoms with Crippen LogP contribution in [0.1, 0.15) is 0 Å². The molecule has 0 aliphatic carbocycles. The molecule has 1 aliphatic heterocycles. The van der Waals surface area contributed by atoms with Gasteiger partial charge in [-0.05, 0) is 12.1 Å². The summed E-state index contributed by atoms with van der Waals surface area (Å²) in [7, 11) is -4.11. The minimum Gasteiger partial charge on any atom is -0.442 e. The quantitative estimate of drug-likeness (QED) is 0.325. The lowest BCUT2D eigenvalue weighted by atomic mass is 10.3. The maximum atomic E-state index is 12.0. The largest absolute Gasteiger partial charge is 0.442 e. The Hall–Kier alpha value is -2.64. The Balaban J connectivity index is 1.98. The van der Waals surface area contributed by atoms with E-state index < -0.39 is 27.2 Å². The first-order valence-electron chi connectivity index (χ1n) is 6.36. The summed E-state index contributed by atoms with van der Waals surface area (Å²) in [5.74, 6) is 2.28. The van der Waals surface area contributed by atoms with Gasteiger partial charge in [-0.15, -0.1) is 6.42 Å². The van der Waals surface area contributed by atoms with Crippen LogP contribution in [0.3, 0.4) is 0 Å². The number of carbonyl (C=O) groups is 1. The minimum absolute atomic E-state index is 0.0600. The van der Waals surface area contributed by atoms with E-state index in [4.69, 9.17) is 15.3 Å². The first-order chi connectivity index (χ1) is 10.8. The third-order valence-electron chi connectivity index (χ3n) is 2.98. The smallest absolute Gasteiger partial charge is 0.411 e. The number of amides is 1. The van der Waals surface area contributed by atoms with Crippen molar-refractivity contribution in [2.45, 2.75) is 11.0 Å². The first kappa shape index (κ1) is 16.7. The second kappa shape index (κ2) is 6.64. The maximum Gasteiger partial charge on any atom is 0.411 e. The number of non-ortho nitro benzene ring substituents is 1. The molecule has 1 amide bonds. The molecule has 1 unspecified atom stereocenters. The summed E-state index contributed by atoms with van der Waals surface area (Å²) >= 11 is 0. The summed E-state index contributed by atoms with van der Waals surface area (Å²) in [6, 6.07) is 4.25. The number of ether oxygens (including phenoxy) is 1. The molecule has 0 saturated carbocycles. The van der Waals surface area contributed by atoms with Crippen molar-refractivity contribution in [3.05, 3.63) is 34.4 Å². The van der Waals surface area contributed by atoms with E-state index in [1.54, 1.807) is 0 Å². The van der Waals surface area contributed by atoms with E-state index in [-0.39, 0.29) is 30.3 Å². The van der Waals surface area contributed by atoms with Crippen molar-refractivity contribution in [2.24, 2.45) is 0 Å². The van der Waals surface area contributed by atoms with Crippen LogP contribution in [0.2, 0.25) is 0 Å². The van der Waals surface area contributed by atoms with Gasteiger partial charge in [0.05, 0.1) is 22.9 Å². The van der Waals surface area contributed by atoms with Gasteiger partial charge in [0, 0.05) is 12.1 Å². The van der Waals surface area contributed by atoms with Crippen molar-refractivity contribution >= 4 is 21.9 Å². The van der Waals surface area contributed by atoms with Gasteiger partial charge < -0.3 is 4.74 Å². The Morgan fingerprint density at radius 1 is 1.43 bits per heavy atom. The van der Waals surface area contributed by atoms with Crippen LogP contribution < -0.4 is 0 Å². The van der Waals surface area contributed by atoms with Gasteiger partial charge in [-0.3, -0.25) is 19.2 Å². The number of nitro groups is 1. The molecule has 0 N–H and O–H groups in total.